The summed E-state index contributed by atoms with van der Waals surface area (Å²) < 4.78 is 26.9. The maximum Gasteiger partial charge on any atom is 0.308 e. The number of carboxylic acid groups (broad SMARTS) is 1. The molecular formula is C15H20ClF2NO2. The van der Waals surface area contributed by atoms with Crippen molar-refractivity contribution in [2.24, 2.45) is 5.92 Å². The molecule has 2 rings (SSSR count). The Morgan fingerprint density at radius 3 is 2.38 bits per heavy atom. The number of hydrogen-bond donors (Lipinski definition) is 1. The highest BCUT2D eigenvalue weighted by atomic mass is 35.5. The lowest BCUT2D eigenvalue weighted by Gasteiger charge is -2.31. The van der Waals surface area contributed by atoms with Crippen molar-refractivity contribution in [3.05, 3.63) is 35.4 Å². The smallest absolute Gasteiger partial charge is 0.308 e. The molecule has 1 aliphatic heterocycles. The van der Waals surface area contributed by atoms with Crippen molar-refractivity contribution in [2.75, 3.05) is 13.1 Å². The van der Waals surface area contributed by atoms with Crippen molar-refractivity contribution in [2.45, 2.75) is 32.2 Å². The lowest BCUT2D eigenvalue weighted by atomic mass is 9.88. The van der Waals surface area contributed by atoms with Gasteiger partial charge in [-0.15, -0.1) is 12.4 Å². The van der Waals surface area contributed by atoms with Crippen molar-refractivity contribution >= 4 is 18.4 Å². The monoisotopic (exact) mass is 319 g/mol. The fourth-order valence-corrected chi connectivity index (χ4v) is 2.72. The molecule has 0 spiro atoms. The van der Waals surface area contributed by atoms with Crippen LogP contribution in [0.5, 0.6) is 0 Å². The van der Waals surface area contributed by atoms with Gasteiger partial charge in [0.05, 0.1) is 5.92 Å². The molecule has 0 aromatic heterocycles. The first-order valence-electron chi connectivity index (χ1n) is 6.63. The Morgan fingerprint density at radius 1 is 1.29 bits per heavy atom. The Labute approximate surface area is 129 Å². The first kappa shape index (κ1) is 17.9. The molecule has 6 heteroatoms. The number of carbonyl (C=O) groups is 1. The number of aliphatic carboxylic acids is 1. The molecular weight excluding hydrogens is 300 g/mol. The molecule has 0 saturated carbocycles. The third kappa shape index (κ3) is 3.71. The number of halogens is 3. The van der Waals surface area contributed by atoms with Gasteiger partial charge < -0.3 is 5.11 Å². The fourth-order valence-electron chi connectivity index (χ4n) is 2.72. The van der Waals surface area contributed by atoms with E-state index in [1.807, 2.05) is 25.7 Å². The van der Waals surface area contributed by atoms with E-state index in [-0.39, 0.29) is 23.5 Å². The largest absolute Gasteiger partial charge is 0.481 e. The molecule has 1 aromatic rings. The first-order valence-corrected chi connectivity index (χ1v) is 6.63. The molecule has 0 radical (unpaired) electrons. The van der Waals surface area contributed by atoms with Crippen LogP contribution >= 0.6 is 12.4 Å². The molecule has 1 aromatic carbocycles. The molecule has 1 heterocycles. The average Bonchev–Trinajstić information content (AvgIpc) is 2.73. The zero-order chi connectivity index (χ0) is 15.1. The summed E-state index contributed by atoms with van der Waals surface area (Å²) in [5.41, 5.74) is 0.101. The average molecular weight is 320 g/mol. The molecule has 0 bridgehead atoms. The molecule has 0 amide bonds. The summed E-state index contributed by atoms with van der Waals surface area (Å²) in [4.78, 5) is 13.4. The Kier molecular flexibility index (Phi) is 5.34. The third-order valence-corrected chi connectivity index (χ3v) is 3.95. The Balaban J connectivity index is 0.00000220. The van der Waals surface area contributed by atoms with E-state index in [9.17, 15) is 18.7 Å². The van der Waals surface area contributed by atoms with Crippen LogP contribution in [0.3, 0.4) is 0 Å². The van der Waals surface area contributed by atoms with Crippen LogP contribution in [0.2, 0.25) is 0 Å². The Bertz CT molecular complexity index is 531. The van der Waals surface area contributed by atoms with Gasteiger partial charge in [-0.3, -0.25) is 9.69 Å². The van der Waals surface area contributed by atoms with Crippen LogP contribution < -0.4 is 0 Å². The minimum atomic E-state index is -0.939. The van der Waals surface area contributed by atoms with Crippen molar-refractivity contribution in [3.8, 4) is 0 Å². The van der Waals surface area contributed by atoms with E-state index in [4.69, 9.17) is 0 Å². The summed E-state index contributed by atoms with van der Waals surface area (Å²) in [5.74, 6) is -3.38. The summed E-state index contributed by atoms with van der Waals surface area (Å²) in [7, 11) is 0. The van der Waals surface area contributed by atoms with Gasteiger partial charge in [0.15, 0.2) is 0 Å². The predicted molar refractivity (Wildman–Crippen MR) is 78.8 cm³/mol. The predicted octanol–water partition coefficient (Wildman–Crippen LogP) is 3.29. The van der Waals surface area contributed by atoms with Crippen molar-refractivity contribution in [3.63, 3.8) is 0 Å². The molecule has 0 aliphatic carbocycles. The van der Waals surface area contributed by atoms with Crippen LogP contribution in [-0.4, -0.2) is 34.6 Å². The number of carboxylic acids is 1. The van der Waals surface area contributed by atoms with E-state index in [1.165, 1.54) is 12.1 Å². The van der Waals surface area contributed by atoms with Gasteiger partial charge in [0, 0.05) is 30.6 Å². The van der Waals surface area contributed by atoms with Crippen molar-refractivity contribution in [1.82, 2.24) is 4.90 Å². The Morgan fingerprint density at radius 2 is 1.90 bits per heavy atom. The number of hydrogen-bond acceptors (Lipinski definition) is 2. The summed E-state index contributed by atoms with van der Waals surface area (Å²) in [5, 5.41) is 9.35. The van der Waals surface area contributed by atoms with Gasteiger partial charge >= 0.3 is 5.97 Å². The van der Waals surface area contributed by atoms with Crippen LogP contribution in [-0.2, 0) is 4.79 Å². The number of nitrogens with zero attached hydrogens (tertiary/aromatic N) is 1. The standard InChI is InChI=1S/C15H19F2NO2.ClH/c1-15(2,3)18-7-11(12(8-18)14(19)20)10-5-4-9(16)6-13(10)17;/h4-6,11-12H,7-8H2,1-3H3,(H,19,20);1H. The third-order valence-electron chi connectivity index (χ3n) is 3.95. The van der Waals surface area contributed by atoms with Crippen LogP contribution in [0.4, 0.5) is 8.78 Å². The first-order chi connectivity index (χ1) is 9.20. The maximum absolute atomic E-state index is 13.9. The fraction of sp³-hybridized carbons (Fsp3) is 0.533. The molecule has 1 N–H and O–H groups in total. The molecule has 2 unspecified atom stereocenters. The molecule has 2 atom stereocenters. The second-order valence-corrected chi connectivity index (χ2v) is 6.29. The summed E-state index contributed by atoms with van der Waals surface area (Å²) in [6, 6.07) is 3.35. The zero-order valence-corrected chi connectivity index (χ0v) is 13.1. The normalized spacial score (nSPS) is 22.9. The van der Waals surface area contributed by atoms with E-state index >= 15 is 0 Å². The van der Waals surface area contributed by atoms with E-state index in [0.717, 1.165) is 6.07 Å². The number of rotatable bonds is 2. The molecule has 118 valence electrons. The van der Waals surface area contributed by atoms with Gasteiger partial charge in [-0.1, -0.05) is 6.07 Å². The van der Waals surface area contributed by atoms with Crippen LogP contribution in [0.1, 0.15) is 32.3 Å². The zero-order valence-electron chi connectivity index (χ0n) is 12.3. The van der Waals surface area contributed by atoms with E-state index in [2.05, 4.69) is 0 Å². The highest BCUT2D eigenvalue weighted by Gasteiger charge is 2.42. The summed E-state index contributed by atoms with van der Waals surface area (Å²) in [6.07, 6.45) is 0. The van der Waals surface area contributed by atoms with Crippen LogP contribution in [0.25, 0.3) is 0 Å². The quantitative estimate of drug-likeness (QED) is 0.909. The summed E-state index contributed by atoms with van der Waals surface area (Å²) in [6.45, 7) is 6.82. The molecule has 1 saturated heterocycles. The molecule has 1 fully saturated rings. The minimum Gasteiger partial charge on any atom is -0.481 e. The molecule has 21 heavy (non-hydrogen) atoms. The highest BCUT2D eigenvalue weighted by molar-refractivity contribution is 5.85. The topological polar surface area (TPSA) is 40.5 Å². The van der Waals surface area contributed by atoms with Gasteiger partial charge in [0.25, 0.3) is 0 Å². The minimum absolute atomic E-state index is 0. The maximum atomic E-state index is 13.9. The highest BCUT2D eigenvalue weighted by Crippen LogP contribution is 2.37. The van der Waals surface area contributed by atoms with Crippen LogP contribution in [0, 0.1) is 17.6 Å². The van der Waals surface area contributed by atoms with Gasteiger partial charge in [-0.25, -0.2) is 8.78 Å². The second-order valence-electron chi connectivity index (χ2n) is 6.29. The van der Waals surface area contributed by atoms with Crippen molar-refractivity contribution < 1.29 is 18.7 Å². The number of benzene rings is 1. The van der Waals surface area contributed by atoms with Crippen molar-refractivity contribution in [1.29, 1.82) is 0 Å². The SMILES string of the molecule is CC(C)(C)N1CC(C(=O)O)C(c2ccc(F)cc2F)C1.Cl. The second kappa shape index (κ2) is 6.28. The summed E-state index contributed by atoms with van der Waals surface area (Å²) >= 11 is 0. The van der Waals surface area contributed by atoms with E-state index < -0.39 is 29.4 Å². The van der Waals surface area contributed by atoms with Gasteiger partial charge in [-0.05, 0) is 32.4 Å². The van der Waals surface area contributed by atoms with E-state index in [0.29, 0.717) is 13.1 Å². The van der Waals surface area contributed by atoms with E-state index in [1.54, 1.807) is 0 Å². The van der Waals surface area contributed by atoms with Gasteiger partial charge in [0.2, 0.25) is 0 Å². The number of likely N-dealkylation sites (tertiary alicyclic amines) is 1. The van der Waals surface area contributed by atoms with Crippen LogP contribution in [0.15, 0.2) is 18.2 Å². The van der Waals surface area contributed by atoms with Gasteiger partial charge in [-0.2, -0.15) is 0 Å². The van der Waals surface area contributed by atoms with Gasteiger partial charge in [0.1, 0.15) is 11.6 Å². The Hall–Kier alpha value is -1.20. The molecule has 1 aliphatic rings. The lowest BCUT2D eigenvalue weighted by Crippen LogP contribution is -2.40. The molecule has 3 nitrogen and oxygen atoms in total. The lowest BCUT2D eigenvalue weighted by molar-refractivity contribution is -0.141.